The Morgan fingerprint density at radius 3 is 2.31 bits per heavy atom. The average Bonchev–Trinajstić information content (AvgIpc) is 2.11. The highest BCUT2D eigenvalue weighted by Crippen LogP contribution is 2.40. The van der Waals surface area contributed by atoms with E-state index in [-0.39, 0.29) is 6.61 Å². The normalized spacial score (nSPS) is 15.6. The minimum atomic E-state index is -2.84. The molecule has 0 aromatic heterocycles. The van der Waals surface area contributed by atoms with Gasteiger partial charge < -0.3 is 23.4 Å². The van der Waals surface area contributed by atoms with Crippen LogP contribution in [0.15, 0.2) is 0 Å². The van der Waals surface area contributed by atoms with Gasteiger partial charge >= 0.3 is 0 Å². The van der Waals surface area contributed by atoms with Gasteiger partial charge in [0.25, 0.3) is 0 Å². The Kier molecular flexibility index (Phi) is 7.56. The van der Waals surface area contributed by atoms with Crippen LogP contribution in [-0.2, 0) is 18.5 Å². The molecule has 0 radical (unpaired) electrons. The van der Waals surface area contributed by atoms with Gasteiger partial charge in [-0.1, -0.05) is 0 Å². The maximum atomic E-state index is 9.20. The third-order valence-electron chi connectivity index (χ3n) is 1.24. The number of ether oxygens (including phenoxy) is 2. The van der Waals surface area contributed by atoms with Crippen molar-refractivity contribution in [2.75, 3.05) is 40.6 Å². The van der Waals surface area contributed by atoms with Gasteiger partial charge in [0.2, 0.25) is 7.57 Å². The van der Waals surface area contributed by atoms with Crippen molar-refractivity contribution in [1.82, 2.24) is 0 Å². The maximum absolute atomic E-state index is 9.20. The summed E-state index contributed by atoms with van der Waals surface area (Å²) < 4.78 is 19.4. The predicted molar refractivity (Wildman–Crippen MR) is 51.9 cm³/mol. The molecule has 0 amide bonds. The van der Waals surface area contributed by atoms with Crippen molar-refractivity contribution in [3.8, 4) is 0 Å². The largest absolute Gasteiger partial charge is 0.382 e. The molecule has 1 unspecified atom stereocenters. The van der Waals surface area contributed by atoms with Crippen molar-refractivity contribution in [1.29, 1.82) is 0 Å². The van der Waals surface area contributed by atoms with Crippen LogP contribution in [0.25, 0.3) is 0 Å². The van der Waals surface area contributed by atoms with Crippen LogP contribution in [-0.4, -0.2) is 51.8 Å². The second-order valence-corrected chi connectivity index (χ2v) is 4.16. The molecule has 0 fully saturated rings. The van der Waals surface area contributed by atoms with Gasteiger partial charge in [0.1, 0.15) is 0 Å². The van der Waals surface area contributed by atoms with E-state index >= 15 is 0 Å². The molecule has 0 aromatic carbocycles. The first-order chi connectivity index (χ1) is 6.12. The molecule has 5 nitrogen and oxygen atoms in total. The fraction of sp³-hybridized carbons (Fsp3) is 0.857. The lowest BCUT2D eigenvalue weighted by Crippen LogP contribution is -2.07. The molecule has 0 aliphatic rings. The average molecular weight is 212 g/mol. The Hall–Kier alpha value is 0.100. The SMILES string of the molecule is C=P(O)(OC)OCCOCCOC. The smallest absolute Gasteiger partial charge is 0.247 e. The van der Waals surface area contributed by atoms with Gasteiger partial charge in [0.15, 0.2) is 0 Å². The monoisotopic (exact) mass is 212 g/mol. The molecular formula is C7H17O5P. The molecule has 0 bridgehead atoms. The highest BCUT2D eigenvalue weighted by molar-refractivity contribution is 7.58. The second kappa shape index (κ2) is 7.50. The summed E-state index contributed by atoms with van der Waals surface area (Å²) in [5.74, 6) is 0. The molecule has 80 valence electrons. The first kappa shape index (κ1) is 13.1. The van der Waals surface area contributed by atoms with Crippen LogP contribution in [0.1, 0.15) is 0 Å². The highest BCUT2D eigenvalue weighted by Gasteiger charge is 2.07. The fourth-order valence-electron chi connectivity index (χ4n) is 0.536. The summed E-state index contributed by atoms with van der Waals surface area (Å²) in [7, 11) is 0.116. The van der Waals surface area contributed by atoms with Crippen molar-refractivity contribution in [2.24, 2.45) is 0 Å². The molecule has 0 aliphatic heterocycles. The maximum Gasteiger partial charge on any atom is 0.247 e. The van der Waals surface area contributed by atoms with E-state index in [1.165, 1.54) is 7.11 Å². The van der Waals surface area contributed by atoms with E-state index in [1.807, 2.05) is 0 Å². The van der Waals surface area contributed by atoms with Crippen LogP contribution >= 0.6 is 7.57 Å². The van der Waals surface area contributed by atoms with Crippen LogP contribution in [0.3, 0.4) is 0 Å². The second-order valence-electron chi connectivity index (χ2n) is 2.26. The Bertz CT molecular complexity index is 161. The summed E-state index contributed by atoms with van der Waals surface area (Å²) in [6.45, 7) is 1.73. The van der Waals surface area contributed by atoms with E-state index in [4.69, 9.17) is 14.0 Å². The lowest BCUT2D eigenvalue weighted by atomic mass is 10.7. The van der Waals surface area contributed by atoms with Crippen molar-refractivity contribution < 1.29 is 23.4 Å². The zero-order chi connectivity index (χ0) is 10.2. The number of hydrogen-bond acceptors (Lipinski definition) is 5. The lowest BCUT2D eigenvalue weighted by Gasteiger charge is -2.14. The van der Waals surface area contributed by atoms with Crippen molar-refractivity contribution in [3.05, 3.63) is 0 Å². The molecule has 0 rings (SSSR count). The van der Waals surface area contributed by atoms with E-state index < -0.39 is 7.57 Å². The minimum Gasteiger partial charge on any atom is -0.382 e. The molecule has 0 saturated carbocycles. The number of rotatable bonds is 8. The molecule has 0 saturated heterocycles. The highest BCUT2D eigenvalue weighted by atomic mass is 31.2. The Morgan fingerprint density at radius 2 is 1.77 bits per heavy atom. The van der Waals surface area contributed by atoms with Gasteiger partial charge in [-0.05, 0) is 6.30 Å². The Balaban J connectivity index is 3.21. The molecule has 0 aliphatic carbocycles. The molecule has 1 atom stereocenters. The van der Waals surface area contributed by atoms with E-state index in [0.29, 0.717) is 19.8 Å². The number of hydrogen-bond donors (Lipinski definition) is 1. The molecule has 0 aromatic rings. The summed E-state index contributed by atoms with van der Waals surface area (Å²) in [4.78, 5) is 9.20. The van der Waals surface area contributed by atoms with Crippen LogP contribution in [0.5, 0.6) is 0 Å². The van der Waals surface area contributed by atoms with Crippen LogP contribution in [0.4, 0.5) is 0 Å². The quantitative estimate of drug-likeness (QED) is 0.469. The molecule has 6 heteroatoms. The Morgan fingerprint density at radius 1 is 1.15 bits per heavy atom. The van der Waals surface area contributed by atoms with Gasteiger partial charge in [-0.25, -0.2) is 0 Å². The molecule has 0 heterocycles. The number of methoxy groups -OCH3 is 1. The molecule has 1 N–H and O–H groups in total. The van der Waals surface area contributed by atoms with Crippen molar-refractivity contribution in [2.45, 2.75) is 0 Å². The van der Waals surface area contributed by atoms with Crippen LogP contribution in [0, 0.1) is 0 Å². The van der Waals surface area contributed by atoms with Crippen molar-refractivity contribution in [3.63, 3.8) is 0 Å². The third-order valence-corrected chi connectivity index (χ3v) is 2.39. The Labute approximate surface area is 78.8 Å². The molecule has 13 heavy (non-hydrogen) atoms. The molecule has 0 spiro atoms. The van der Waals surface area contributed by atoms with E-state index in [0.717, 1.165) is 0 Å². The van der Waals surface area contributed by atoms with Gasteiger partial charge in [0.05, 0.1) is 26.4 Å². The van der Waals surface area contributed by atoms with Crippen LogP contribution in [0.2, 0.25) is 0 Å². The third kappa shape index (κ3) is 8.43. The van der Waals surface area contributed by atoms with E-state index in [2.05, 4.69) is 10.8 Å². The zero-order valence-electron chi connectivity index (χ0n) is 8.06. The van der Waals surface area contributed by atoms with E-state index in [9.17, 15) is 4.89 Å². The summed E-state index contributed by atoms with van der Waals surface area (Å²) in [5, 5.41) is 0. The van der Waals surface area contributed by atoms with Gasteiger partial charge in [0, 0.05) is 14.2 Å². The fourth-order valence-corrected chi connectivity index (χ4v) is 1.00. The zero-order valence-corrected chi connectivity index (χ0v) is 8.96. The summed E-state index contributed by atoms with van der Waals surface area (Å²) in [5.41, 5.74) is 0. The minimum absolute atomic E-state index is 0.269. The van der Waals surface area contributed by atoms with E-state index in [1.54, 1.807) is 7.11 Å². The summed E-state index contributed by atoms with van der Waals surface area (Å²) in [6, 6.07) is 0. The van der Waals surface area contributed by atoms with Crippen LogP contribution < -0.4 is 0 Å². The summed E-state index contributed by atoms with van der Waals surface area (Å²) in [6.07, 6.45) is 3.36. The molecular weight excluding hydrogens is 195 g/mol. The van der Waals surface area contributed by atoms with Gasteiger partial charge in [-0.2, -0.15) is 0 Å². The summed E-state index contributed by atoms with van der Waals surface area (Å²) >= 11 is 0. The first-order valence-electron chi connectivity index (χ1n) is 3.85. The predicted octanol–water partition coefficient (Wildman–Crippen LogP) is 0.499. The first-order valence-corrected chi connectivity index (χ1v) is 5.62. The van der Waals surface area contributed by atoms with Gasteiger partial charge in [-0.15, -0.1) is 0 Å². The van der Waals surface area contributed by atoms with Crippen molar-refractivity contribution >= 4 is 13.9 Å². The van der Waals surface area contributed by atoms with Gasteiger partial charge in [-0.3, -0.25) is 0 Å². The lowest BCUT2D eigenvalue weighted by molar-refractivity contribution is 0.0509. The topological polar surface area (TPSA) is 57.2 Å². The standard InChI is InChI=1S/C7H17O5P/c1-9-4-5-11-6-7-12-13(3,8)10-2/h8H,3-7H2,1-2H3.